The lowest BCUT2D eigenvalue weighted by Gasteiger charge is -2.26. The van der Waals surface area contributed by atoms with E-state index in [2.05, 4.69) is 13.8 Å². The van der Waals surface area contributed by atoms with Crippen LogP contribution in [0, 0.1) is 0 Å². The molecule has 2 aromatic carbocycles. The van der Waals surface area contributed by atoms with Gasteiger partial charge in [0.15, 0.2) is 0 Å². The summed E-state index contributed by atoms with van der Waals surface area (Å²) >= 11 is -0.750. The molecular formula is C15H16O4S. The normalized spacial score (nSPS) is 10.3. The van der Waals surface area contributed by atoms with Crippen LogP contribution < -0.4 is 0 Å². The second-order valence-corrected chi connectivity index (χ2v) is 4.92. The zero-order chi connectivity index (χ0) is 15.2. The Hall–Kier alpha value is -2.14. The average Bonchev–Trinajstić information content (AvgIpc) is 2.40. The summed E-state index contributed by atoms with van der Waals surface area (Å²) < 4.78 is 16.6. The van der Waals surface area contributed by atoms with E-state index >= 15 is 0 Å². The highest BCUT2D eigenvalue weighted by Gasteiger charge is 2.22. The minimum atomic E-state index is -0.750. The molecule has 0 aromatic heterocycles. The molecule has 0 fully saturated rings. The second kappa shape index (κ2) is 6.86. The third-order valence-corrected chi connectivity index (χ3v) is 3.18. The first-order valence-electron chi connectivity index (χ1n) is 5.92. The van der Waals surface area contributed by atoms with Crippen LogP contribution in [0.4, 0.5) is 0 Å². The fourth-order valence-electron chi connectivity index (χ4n) is 1.92. The van der Waals surface area contributed by atoms with E-state index in [1.54, 1.807) is 24.3 Å². The Morgan fingerprint density at radius 3 is 1.25 bits per heavy atom. The van der Waals surface area contributed by atoms with Crippen LogP contribution in [0.2, 0.25) is 0 Å². The largest absolute Gasteiger partial charge is 0.508 e. The van der Waals surface area contributed by atoms with Crippen LogP contribution in [0.15, 0.2) is 48.5 Å². The van der Waals surface area contributed by atoms with Crippen molar-refractivity contribution in [2.24, 2.45) is 0 Å². The molecule has 0 radical (unpaired) electrons. The Morgan fingerprint density at radius 2 is 1.00 bits per heavy atom. The van der Waals surface area contributed by atoms with Crippen molar-refractivity contribution in [3.63, 3.8) is 0 Å². The topological polar surface area (TPSA) is 74.6 Å². The van der Waals surface area contributed by atoms with E-state index < -0.39 is 11.6 Å². The molecule has 0 saturated heterocycles. The first-order valence-corrected chi connectivity index (χ1v) is 6.59. The van der Waals surface area contributed by atoms with Gasteiger partial charge < -0.3 is 10.2 Å². The molecule has 4 nitrogen and oxygen atoms in total. The molecule has 106 valence electrons. The van der Waals surface area contributed by atoms with Crippen molar-refractivity contribution in [1.29, 1.82) is 0 Å². The van der Waals surface area contributed by atoms with Crippen LogP contribution >= 0.6 is 0 Å². The molecule has 2 N–H and O–H groups in total. The standard InChI is InChI=1S/C15H16O2.O2S/c1-15(2,11-3-7-13(16)8-4-11)12-5-9-14(17)10-6-12;1-3-2/h3-10,16-17H,1-2H3;. The van der Waals surface area contributed by atoms with Gasteiger partial charge in [-0.3, -0.25) is 0 Å². The number of hydrogen-bond acceptors (Lipinski definition) is 4. The van der Waals surface area contributed by atoms with E-state index in [-0.39, 0.29) is 16.9 Å². The summed E-state index contributed by atoms with van der Waals surface area (Å²) in [4.78, 5) is 0. The molecule has 0 atom stereocenters. The third-order valence-electron chi connectivity index (χ3n) is 3.18. The Balaban J connectivity index is 0.000000612. The van der Waals surface area contributed by atoms with Crippen molar-refractivity contribution in [1.82, 2.24) is 0 Å². The van der Waals surface area contributed by atoms with Gasteiger partial charge in [-0.05, 0) is 35.4 Å². The fourth-order valence-corrected chi connectivity index (χ4v) is 1.92. The van der Waals surface area contributed by atoms with Crippen molar-refractivity contribution < 1.29 is 18.6 Å². The van der Waals surface area contributed by atoms with Crippen LogP contribution in [-0.4, -0.2) is 18.6 Å². The molecule has 0 aliphatic carbocycles. The molecule has 0 unspecified atom stereocenters. The van der Waals surface area contributed by atoms with Crippen LogP contribution in [0.25, 0.3) is 0 Å². The fraction of sp³-hybridized carbons (Fsp3) is 0.200. The van der Waals surface area contributed by atoms with E-state index in [9.17, 15) is 10.2 Å². The van der Waals surface area contributed by atoms with Gasteiger partial charge in [0.25, 0.3) is 0 Å². The first-order chi connectivity index (χ1) is 9.41. The van der Waals surface area contributed by atoms with Gasteiger partial charge in [-0.1, -0.05) is 38.1 Å². The molecule has 2 aromatic rings. The zero-order valence-corrected chi connectivity index (χ0v) is 12.1. The quantitative estimate of drug-likeness (QED) is 0.892. The van der Waals surface area contributed by atoms with E-state index in [0.29, 0.717) is 0 Å². The van der Waals surface area contributed by atoms with Crippen molar-refractivity contribution >= 4 is 11.6 Å². The molecule has 0 spiro atoms. The predicted octanol–water partition coefficient (Wildman–Crippen LogP) is 2.75. The van der Waals surface area contributed by atoms with Crippen molar-refractivity contribution in [2.45, 2.75) is 19.3 Å². The van der Waals surface area contributed by atoms with Crippen molar-refractivity contribution in [3.05, 3.63) is 59.7 Å². The SMILES string of the molecule is CC(C)(c1ccc(O)cc1)c1ccc(O)cc1.O=S=O. The van der Waals surface area contributed by atoms with Gasteiger partial charge in [0.2, 0.25) is 0 Å². The van der Waals surface area contributed by atoms with Gasteiger partial charge in [-0.15, -0.1) is 0 Å². The van der Waals surface area contributed by atoms with Gasteiger partial charge >= 0.3 is 11.6 Å². The lowest BCUT2D eigenvalue weighted by atomic mass is 9.78. The molecule has 0 bridgehead atoms. The van der Waals surface area contributed by atoms with Gasteiger partial charge in [0.05, 0.1) is 0 Å². The number of phenols is 2. The van der Waals surface area contributed by atoms with Gasteiger partial charge in [-0.25, -0.2) is 0 Å². The molecule has 0 heterocycles. The monoisotopic (exact) mass is 292 g/mol. The van der Waals surface area contributed by atoms with Crippen LogP contribution in [0.3, 0.4) is 0 Å². The molecule has 2 rings (SSSR count). The highest BCUT2D eigenvalue weighted by molar-refractivity contribution is 7.51. The number of hydrogen-bond donors (Lipinski definition) is 2. The number of aromatic hydroxyl groups is 2. The number of rotatable bonds is 2. The second-order valence-electron chi connectivity index (χ2n) is 4.79. The first kappa shape index (κ1) is 15.9. The van der Waals surface area contributed by atoms with Gasteiger partial charge in [0.1, 0.15) is 11.5 Å². The summed E-state index contributed by atoms with van der Waals surface area (Å²) in [6.45, 7) is 4.23. The summed E-state index contributed by atoms with van der Waals surface area (Å²) in [6, 6.07) is 14.4. The zero-order valence-electron chi connectivity index (χ0n) is 11.2. The third kappa shape index (κ3) is 3.93. The Kier molecular flexibility index (Phi) is 5.46. The van der Waals surface area contributed by atoms with E-state index in [4.69, 9.17) is 8.42 Å². The average molecular weight is 292 g/mol. The van der Waals surface area contributed by atoms with Gasteiger partial charge in [0, 0.05) is 5.41 Å². The Bertz CT molecular complexity index is 535. The summed E-state index contributed by atoms with van der Waals surface area (Å²) in [6.07, 6.45) is 0. The highest BCUT2D eigenvalue weighted by atomic mass is 32.1. The molecule has 20 heavy (non-hydrogen) atoms. The molecule has 5 heteroatoms. The van der Waals surface area contributed by atoms with E-state index in [1.807, 2.05) is 24.3 Å². The molecule has 0 aliphatic heterocycles. The van der Waals surface area contributed by atoms with E-state index in [1.165, 1.54) is 0 Å². The molecule has 0 saturated carbocycles. The molecule has 0 aliphatic rings. The smallest absolute Gasteiger partial charge is 0.335 e. The van der Waals surface area contributed by atoms with Crippen LogP contribution in [0.1, 0.15) is 25.0 Å². The summed E-state index contributed by atoms with van der Waals surface area (Å²) in [7, 11) is 0. The summed E-state index contributed by atoms with van der Waals surface area (Å²) in [5.74, 6) is 0.547. The van der Waals surface area contributed by atoms with Crippen molar-refractivity contribution in [2.75, 3.05) is 0 Å². The molecule has 0 amide bonds. The lowest BCUT2D eigenvalue weighted by molar-refractivity contribution is 0.474. The number of phenolic OH excluding ortho intramolecular Hbond substituents is 2. The Morgan fingerprint density at radius 1 is 0.750 bits per heavy atom. The minimum Gasteiger partial charge on any atom is -0.508 e. The maximum Gasteiger partial charge on any atom is 0.335 e. The van der Waals surface area contributed by atoms with Crippen LogP contribution in [-0.2, 0) is 17.0 Å². The van der Waals surface area contributed by atoms with E-state index in [0.717, 1.165) is 11.1 Å². The maximum atomic E-state index is 9.30. The van der Waals surface area contributed by atoms with Crippen LogP contribution in [0.5, 0.6) is 11.5 Å². The Labute approximate surface area is 121 Å². The lowest BCUT2D eigenvalue weighted by Crippen LogP contribution is -2.18. The molecular weight excluding hydrogens is 276 g/mol. The van der Waals surface area contributed by atoms with Crippen molar-refractivity contribution in [3.8, 4) is 11.5 Å². The predicted molar refractivity (Wildman–Crippen MR) is 77.3 cm³/mol. The van der Waals surface area contributed by atoms with Gasteiger partial charge in [-0.2, -0.15) is 8.42 Å². The summed E-state index contributed by atoms with van der Waals surface area (Å²) in [5.41, 5.74) is 2.10. The summed E-state index contributed by atoms with van der Waals surface area (Å²) in [5, 5.41) is 18.6. The number of benzene rings is 2. The minimum absolute atomic E-state index is 0.151. The highest BCUT2D eigenvalue weighted by Crippen LogP contribution is 2.32. The maximum absolute atomic E-state index is 9.30.